The number of halogens is 3. The van der Waals surface area contributed by atoms with E-state index in [1.807, 2.05) is 15.5 Å². The van der Waals surface area contributed by atoms with Crippen molar-refractivity contribution < 1.29 is 9.72 Å². The standard InChI is InChI=1S/C21H20Cl3N5O4S/c22-21(23,24)19(25-18(31)13-3-1-4-15(8-13)29(32)33)26-20(34)27-9-12-7-14(11-27)16-5-2-6-17(30)28(16)10-12/h1-6,8,12,14,19H,7,9-11H2,(H,25,31)(H,26,34)/t12-,14-,19-/m0/s1. The molecule has 180 valence electrons. The average molecular weight is 545 g/mol. The lowest BCUT2D eigenvalue weighted by molar-refractivity contribution is -0.384. The van der Waals surface area contributed by atoms with E-state index in [0.29, 0.717) is 19.6 Å². The molecule has 13 heteroatoms. The van der Waals surface area contributed by atoms with Gasteiger partial charge in [0.15, 0.2) is 5.11 Å². The number of nitrogens with zero attached hydrogens (tertiary/aromatic N) is 3. The van der Waals surface area contributed by atoms with Crippen LogP contribution in [0.25, 0.3) is 0 Å². The number of hydrogen-bond acceptors (Lipinski definition) is 5. The van der Waals surface area contributed by atoms with E-state index in [1.54, 1.807) is 12.1 Å². The number of nitro groups is 1. The van der Waals surface area contributed by atoms with Crippen molar-refractivity contribution in [2.75, 3.05) is 13.1 Å². The first-order chi connectivity index (χ1) is 16.0. The maximum atomic E-state index is 12.7. The molecule has 0 radical (unpaired) electrons. The normalized spacial score (nSPS) is 20.1. The smallest absolute Gasteiger partial charge is 0.270 e. The molecule has 1 aromatic carbocycles. The first kappa shape index (κ1) is 24.7. The van der Waals surface area contributed by atoms with Gasteiger partial charge in [-0.15, -0.1) is 0 Å². The fraction of sp³-hybridized carbons (Fsp3) is 0.381. The van der Waals surface area contributed by atoms with Crippen molar-refractivity contribution in [1.82, 2.24) is 20.1 Å². The maximum absolute atomic E-state index is 12.7. The first-order valence-electron chi connectivity index (χ1n) is 10.4. The molecule has 3 heterocycles. The van der Waals surface area contributed by atoms with Crippen LogP contribution >= 0.6 is 47.0 Å². The molecule has 3 atom stereocenters. The van der Waals surface area contributed by atoms with Crippen molar-refractivity contribution in [2.24, 2.45) is 5.92 Å². The second-order valence-corrected chi connectivity index (χ2v) is 11.1. The first-order valence-corrected chi connectivity index (χ1v) is 11.9. The van der Waals surface area contributed by atoms with E-state index in [4.69, 9.17) is 47.0 Å². The Morgan fingerprint density at radius 1 is 1.15 bits per heavy atom. The molecule has 9 nitrogen and oxygen atoms in total. The zero-order valence-corrected chi connectivity index (χ0v) is 20.7. The number of rotatable bonds is 4. The number of fused-ring (bicyclic) bond motifs is 4. The van der Waals surface area contributed by atoms with Crippen LogP contribution in [0, 0.1) is 16.0 Å². The van der Waals surface area contributed by atoms with E-state index >= 15 is 0 Å². The van der Waals surface area contributed by atoms with Crippen LogP contribution in [0.1, 0.15) is 28.4 Å². The molecule has 2 aliphatic heterocycles. The molecule has 0 saturated carbocycles. The van der Waals surface area contributed by atoms with Gasteiger partial charge in [0, 0.05) is 55.0 Å². The number of non-ortho nitro benzene ring substituents is 1. The Labute approximate surface area is 215 Å². The predicted octanol–water partition coefficient (Wildman–Crippen LogP) is 3.18. The molecule has 1 saturated heterocycles. The van der Waals surface area contributed by atoms with Gasteiger partial charge in [-0.25, -0.2) is 0 Å². The Morgan fingerprint density at radius 2 is 1.88 bits per heavy atom. The maximum Gasteiger partial charge on any atom is 0.270 e. The Morgan fingerprint density at radius 3 is 2.59 bits per heavy atom. The lowest BCUT2D eigenvalue weighted by atomic mass is 9.83. The number of pyridine rings is 1. The Bertz CT molecular complexity index is 1200. The Hall–Kier alpha value is -2.40. The summed E-state index contributed by atoms with van der Waals surface area (Å²) in [5.74, 6) is -0.331. The van der Waals surface area contributed by atoms with Crippen LogP contribution in [0.15, 0.2) is 47.3 Å². The second kappa shape index (κ2) is 9.69. The highest BCUT2D eigenvalue weighted by Gasteiger charge is 2.39. The molecule has 1 amide bonds. The predicted molar refractivity (Wildman–Crippen MR) is 133 cm³/mol. The summed E-state index contributed by atoms with van der Waals surface area (Å²) >= 11 is 23.9. The number of nitrogens with one attached hydrogen (secondary N) is 2. The third-order valence-corrected chi connectivity index (χ3v) is 6.99. The minimum Gasteiger partial charge on any atom is -0.348 e. The third-order valence-electron chi connectivity index (χ3n) is 5.96. The van der Waals surface area contributed by atoms with Crippen LogP contribution in [-0.2, 0) is 6.54 Å². The number of amides is 1. The van der Waals surface area contributed by atoms with Crippen molar-refractivity contribution in [2.45, 2.75) is 28.8 Å². The summed E-state index contributed by atoms with van der Waals surface area (Å²) in [7, 11) is 0. The van der Waals surface area contributed by atoms with Crippen LogP contribution in [0.3, 0.4) is 0 Å². The number of hydrogen-bond donors (Lipinski definition) is 2. The van der Waals surface area contributed by atoms with Gasteiger partial charge in [0.1, 0.15) is 6.17 Å². The number of thiocarbonyl (C=S) groups is 1. The second-order valence-electron chi connectivity index (χ2n) is 8.31. The molecule has 0 unspecified atom stereocenters. The van der Waals surface area contributed by atoms with Gasteiger partial charge < -0.3 is 20.1 Å². The highest BCUT2D eigenvalue weighted by atomic mass is 35.6. The van der Waals surface area contributed by atoms with Crippen molar-refractivity contribution in [3.63, 3.8) is 0 Å². The minimum absolute atomic E-state index is 0.0125. The molecule has 2 bridgehead atoms. The van der Waals surface area contributed by atoms with Crippen molar-refractivity contribution >= 4 is 63.7 Å². The SMILES string of the molecule is O=C(N[C@@H](NC(=S)N1C[C@@H]2C[C@@H](C1)c1cccc(=O)n1C2)C(Cl)(Cl)Cl)c1cccc([N+](=O)[O-])c1. The number of benzene rings is 1. The van der Waals surface area contributed by atoms with E-state index in [-0.39, 0.29) is 33.8 Å². The topological polar surface area (TPSA) is 110 Å². The number of aromatic nitrogens is 1. The van der Waals surface area contributed by atoms with Gasteiger partial charge in [0.05, 0.1) is 4.92 Å². The molecular weight excluding hydrogens is 525 g/mol. The molecular formula is C21H20Cl3N5O4S. The van der Waals surface area contributed by atoms with E-state index in [2.05, 4.69) is 10.6 Å². The monoisotopic (exact) mass is 543 g/mol. The zero-order chi connectivity index (χ0) is 24.6. The van der Waals surface area contributed by atoms with Gasteiger partial charge in [-0.05, 0) is 36.7 Å². The van der Waals surface area contributed by atoms with Gasteiger partial charge in [-0.1, -0.05) is 46.9 Å². The molecule has 0 aliphatic carbocycles. The van der Waals surface area contributed by atoms with Crippen LogP contribution in [0.5, 0.6) is 0 Å². The van der Waals surface area contributed by atoms with E-state index in [1.165, 1.54) is 18.2 Å². The number of nitro benzene ring substituents is 1. The van der Waals surface area contributed by atoms with Crippen molar-refractivity contribution in [3.8, 4) is 0 Å². The van der Waals surface area contributed by atoms with Crippen LogP contribution in [-0.4, -0.2) is 48.5 Å². The van der Waals surface area contributed by atoms with Crippen LogP contribution in [0.2, 0.25) is 0 Å². The van der Waals surface area contributed by atoms with Gasteiger partial charge >= 0.3 is 0 Å². The molecule has 0 spiro atoms. The molecule has 2 aromatic rings. The van der Waals surface area contributed by atoms with Crippen LogP contribution in [0.4, 0.5) is 5.69 Å². The van der Waals surface area contributed by atoms with Gasteiger partial charge in [-0.3, -0.25) is 19.7 Å². The summed E-state index contributed by atoms with van der Waals surface area (Å²) < 4.78 is -0.151. The largest absolute Gasteiger partial charge is 0.348 e. The quantitative estimate of drug-likeness (QED) is 0.200. The highest BCUT2D eigenvalue weighted by molar-refractivity contribution is 7.80. The van der Waals surface area contributed by atoms with Gasteiger partial charge in [0.2, 0.25) is 3.79 Å². The molecule has 4 rings (SSSR count). The number of piperidine rings is 1. The molecule has 34 heavy (non-hydrogen) atoms. The molecule has 2 aliphatic rings. The number of likely N-dealkylation sites (tertiary alicyclic amines) is 1. The summed E-state index contributed by atoms with van der Waals surface area (Å²) in [4.78, 5) is 37.3. The highest BCUT2D eigenvalue weighted by Crippen LogP contribution is 2.35. The van der Waals surface area contributed by atoms with Gasteiger partial charge in [0.25, 0.3) is 17.2 Å². The summed E-state index contributed by atoms with van der Waals surface area (Å²) in [6.45, 7) is 1.77. The lowest BCUT2D eigenvalue weighted by Gasteiger charge is -2.44. The summed E-state index contributed by atoms with van der Waals surface area (Å²) in [6.07, 6.45) is -0.256. The summed E-state index contributed by atoms with van der Waals surface area (Å²) in [5, 5.41) is 16.8. The summed E-state index contributed by atoms with van der Waals surface area (Å²) in [6, 6.07) is 10.5. The summed E-state index contributed by atoms with van der Waals surface area (Å²) in [5.41, 5.74) is 0.756. The van der Waals surface area contributed by atoms with E-state index in [9.17, 15) is 19.7 Å². The zero-order valence-electron chi connectivity index (χ0n) is 17.6. The number of alkyl halides is 3. The van der Waals surface area contributed by atoms with E-state index < -0.39 is 20.8 Å². The lowest BCUT2D eigenvalue weighted by Crippen LogP contribution is -2.60. The van der Waals surface area contributed by atoms with E-state index in [0.717, 1.165) is 18.2 Å². The fourth-order valence-electron chi connectivity index (χ4n) is 4.45. The number of carbonyl (C=O) groups excluding carboxylic acids is 1. The molecule has 1 fully saturated rings. The molecule has 2 N–H and O–H groups in total. The van der Waals surface area contributed by atoms with Crippen LogP contribution < -0.4 is 16.2 Å². The Kier molecular flexibility index (Phi) is 7.04. The third kappa shape index (κ3) is 5.30. The average Bonchev–Trinajstić information content (AvgIpc) is 2.78. The van der Waals surface area contributed by atoms with Crippen molar-refractivity contribution in [1.29, 1.82) is 0 Å². The minimum atomic E-state index is -1.97. The molecule has 1 aromatic heterocycles. The Balaban J connectivity index is 1.47. The fourth-order valence-corrected chi connectivity index (χ4v) is 5.05. The number of carbonyl (C=O) groups is 1. The van der Waals surface area contributed by atoms with Crippen molar-refractivity contribution in [3.05, 3.63) is 74.2 Å². The van der Waals surface area contributed by atoms with Gasteiger partial charge in [-0.2, -0.15) is 0 Å².